The van der Waals surface area contributed by atoms with Gasteiger partial charge in [0.2, 0.25) is 5.91 Å². The van der Waals surface area contributed by atoms with E-state index < -0.39 is 0 Å². The summed E-state index contributed by atoms with van der Waals surface area (Å²) >= 11 is 1.32. The van der Waals surface area contributed by atoms with Crippen LogP contribution in [0, 0.1) is 0 Å². The lowest BCUT2D eigenvalue weighted by molar-refractivity contribution is -0.113. The van der Waals surface area contributed by atoms with Crippen LogP contribution in [-0.2, 0) is 17.6 Å². The van der Waals surface area contributed by atoms with Gasteiger partial charge in [0.15, 0.2) is 0 Å². The number of para-hydroxylation sites is 1. The number of aromatic amines is 1. The Morgan fingerprint density at radius 3 is 2.90 bits per heavy atom. The molecular formula is C15H15N3O2S. The third-order valence-electron chi connectivity index (χ3n) is 3.33. The first-order chi connectivity index (χ1) is 10.2. The van der Waals surface area contributed by atoms with E-state index in [0.29, 0.717) is 5.03 Å². The maximum absolute atomic E-state index is 11.9. The van der Waals surface area contributed by atoms with Crippen molar-refractivity contribution in [2.24, 2.45) is 0 Å². The SMILES string of the molecule is O=C(CSc1nc(=O)[nH]c2c1CCC2)Nc1ccccc1. The number of aromatic nitrogens is 2. The molecule has 6 heteroatoms. The molecule has 1 amide bonds. The molecule has 21 heavy (non-hydrogen) atoms. The van der Waals surface area contributed by atoms with E-state index in [4.69, 9.17) is 0 Å². The van der Waals surface area contributed by atoms with Gasteiger partial charge in [-0.15, -0.1) is 0 Å². The van der Waals surface area contributed by atoms with Crippen molar-refractivity contribution in [3.05, 3.63) is 52.1 Å². The van der Waals surface area contributed by atoms with Gasteiger partial charge in [-0.3, -0.25) is 4.79 Å². The largest absolute Gasteiger partial charge is 0.346 e. The number of fused-ring (bicyclic) bond motifs is 1. The van der Waals surface area contributed by atoms with Gasteiger partial charge in [0, 0.05) is 16.9 Å². The van der Waals surface area contributed by atoms with E-state index in [1.807, 2.05) is 30.3 Å². The second-order valence-electron chi connectivity index (χ2n) is 4.86. The van der Waals surface area contributed by atoms with Crippen molar-refractivity contribution in [2.45, 2.75) is 24.3 Å². The van der Waals surface area contributed by atoms with E-state index in [0.717, 1.165) is 36.2 Å². The summed E-state index contributed by atoms with van der Waals surface area (Å²) in [5.74, 6) is 0.151. The van der Waals surface area contributed by atoms with Crippen LogP contribution in [0.3, 0.4) is 0 Å². The van der Waals surface area contributed by atoms with Crippen molar-refractivity contribution in [1.82, 2.24) is 9.97 Å². The number of H-pyrrole nitrogens is 1. The van der Waals surface area contributed by atoms with E-state index in [-0.39, 0.29) is 17.3 Å². The molecule has 0 aliphatic heterocycles. The van der Waals surface area contributed by atoms with Crippen molar-refractivity contribution in [3.63, 3.8) is 0 Å². The van der Waals surface area contributed by atoms with E-state index in [1.165, 1.54) is 11.8 Å². The first-order valence-corrected chi connectivity index (χ1v) is 7.81. The molecule has 0 saturated heterocycles. The number of amides is 1. The molecule has 0 radical (unpaired) electrons. The molecular weight excluding hydrogens is 286 g/mol. The minimum atomic E-state index is -0.332. The fraction of sp³-hybridized carbons (Fsp3) is 0.267. The highest BCUT2D eigenvalue weighted by Crippen LogP contribution is 2.27. The Morgan fingerprint density at radius 1 is 1.29 bits per heavy atom. The molecule has 2 N–H and O–H groups in total. The van der Waals surface area contributed by atoms with Crippen LogP contribution in [0.2, 0.25) is 0 Å². The Labute approximate surface area is 126 Å². The first kappa shape index (κ1) is 13.9. The number of hydrogen-bond acceptors (Lipinski definition) is 4. The first-order valence-electron chi connectivity index (χ1n) is 6.82. The molecule has 0 atom stereocenters. The smallest absolute Gasteiger partial charge is 0.325 e. The average Bonchev–Trinajstić information content (AvgIpc) is 2.94. The number of anilines is 1. The summed E-state index contributed by atoms with van der Waals surface area (Å²) in [6, 6.07) is 9.31. The molecule has 0 saturated carbocycles. The lowest BCUT2D eigenvalue weighted by Crippen LogP contribution is -2.17. The lowest BCUT2D eigenvalue weighted by Gasteiger charge is -2.07. The Balaban J connectivity index is 1.66. The summed E-state index contributed by atoms with van der Waals surface area (Å²) in [6.07, 6.45) is 2.83. The highest BCUT2D eigenvalue weighted by atomic mass is 32.2. The number of nitrogens with zero attached hydrogens (tertiary/aromatic N) is 1. The Hall–Kier alpha value is -2.08. The zero-order chi connectivity index (χ0) is 14.7. The van der Waals surface area contributed by atoms with Crippen LogP contribution >= 0.6 is 11.8 Å². The summed E-state index contributed by atoms with van der Waals surface area (Å²) in [7, 11) is 0. The number of hydrogen-bond donors (Lipinski definition) is 2. The van der Waals surface area contributed by atoms with E-state index in [2.05, 4.69) is 15.3 Å². The number of aryl methyl sites for hydroxylation is 1. The zero-order valence-corrected chi connectivity index (χ0v) is 12.2. The van der Waals surface area contributed by atoms with Gasteiger partial charge in [-0.1, -0.05) is 30.0 Å². The molecule has 0 spiro atoms. The van der Waals surface area contributed by atoms with Gasteiger partial charge in [-0.25, -0.2) is 4.79 Å². The van der Waals surface area contributed by atoms with Crippen LogP contribution in [0.15, 0.2) is 40.2 Å². The topological polar surface area (TPSA) is 74.8 Å². The number of thioether (sulfide) groups is 1. The molecule has 1 aliphatic rings. The van der Waals surface area contributed by atoms with Crippen LogP contribution in [0.5, 0.6) is 0 Å². The van der Waals surface area contributed by atoms with Crippen molar-refractivity contribution >= 4 is 23.4 Å². The highest BCUT2D eigenvalue weighted by molar-refractivity contribution is 8.00. The third kappa shape index (κ3) is 3.33. The number of carbonyl (C=O) groups is 1. The Morgan fingerprint density at radius 2 is 2.10 bits per heavy atom. The summed E-state index contributed by atoms with van der Waals surface area (Å²) in [4.78, 5) is 30.2. The summed E-state index contributed by atoms with van der Waals surface area (Å²) in [5, 5.41) is 3.51. The zero-order valence-electron chi connectivity index (χ0n) is 11.4. The maximum Gasteiger partial charge on any atom is 0.346 e. The fourth-order valence-corrected chi connectivity index (χ4v) is 3.29. The molecule has 3 rings (SSSR count). The van der Waals surface area contributed by atoms with Crippen molar-refractivity contribution in [1.29, 1.82) is 0 Å². The summed E-state index contributed by atoms with van der Waals surface area (Å²) in [5.41, 5.74) is 2.50. The fourth-order valence-electron chi connectivity index (χ4n) is 2.41. The molecule has 1 heterocycles. The lowest BCUT2D eigenvalue weighted by atomic mass is 10.3. The second kappa shape index (κ2) is 6.13. The third-order valence-corrected chi connectivity index (χ3v) is 4.35. The Bertz CT molecular complexity index is 713. The second-order valence-corrected chi connectivity index (χ2v) is 5.82. The molecule has 0 bridgehead atoms. The normalized spacial score (nSPS) is 13.0. The molecule has 1 aromatic carbocycles. The summed E-state index contributed by atoms with van der Waals surface area (Å²) < 4.78 is 0. The predicted molar refractivity (Wildman–Crippen MR) is 82.7 cm³/mol. The quantitative estimate of drug-likeness (QED) is 0.669. The van der Waals surface area contributed by atoms with Crippen molar-refractivity contribution < 1.29 is 4.79 Å². The number of benzene rings is 1. The number of rotatable bonds is 4. The van der Waals surface area contributed by atoms with Gasteiger partial charge in [-0.05, 0) is 31.4 Å². The predicted octanol–water partition coefficient (Wildman–Crippen LogP) is 1.99. The minimum Gasteiger partial charge on any atom is -0.325 e. The van der Waals surface area contributed by atoms with Crippen molar-refractivity contribution in [2.75, 3.05) is 11.1 Å². The minimum absolute atomic E-state index is 0.0972. The Kier molecular flexibility index (Phi) is 4.06. The number of carbonyl (C=O) groups excluding carboxylic acids is 1. The molecule has 2 aromatic rings. The van der Waals surface area contributed by atoms with Gasteiger partial charge in [0.1, 0.15) is 5.03 Å². The molecule has 108 valence electrons. The van der Waals surface area contributed by atoms with Crippen LogP contribution < -0.4 is 11.0 Å². The van der Waals surface area contributed by atoms with Crippen LogP contribution in [-0.4, -0.2) is 21.6 Å². The van der Waals surface area contributed by atoms with Crippen molar-refractivity contribution in [3.8, 4) is 0 Å². The molecule has 0 fully saturated rings. The number of nitrogens with one attached hydrogen (secondary N) is 2. The van der Waals surface area contributed by atoms with Gasteiger partial charge in [0.25, 0.3) is 0 Å². The van der Waals surface area contributed by atoms with Crippen LogP contribution in [0.25, 0.3) is 0 Å². The maximum atomic E-state index is 11.9. The molecule has 1 aliphatic carbocycles. The molecule has 1 aromatic heterocycles. The average molecular weight is 301 g/mol. The van der Waals surface area contributed by atoms with Gasteiger partial charge in [-0.2, -0.15) is 4.98 Å². The standard InChI is InChI=1S/C15H15N3O2S/c19-13(16-10-5-2-1-3-6-10)9-21-14-11-7-4-8-12(11)17-15(20)18-14/h1-3,5-6H,4,7-9H2,(H,16,19)(H,17,18,20). The van der Waals surface area contributed by atoms with Gasteiger partial charge < -0.3 is 10.3 Å². The molecule has 0 unspecified atom stereocenters. The van der Waals surface area contributed by atoms with E-state index in [9.17, 15) is 9.59 Å². The van der Waals surface area contributed by atoms with Gasteiger partial charge >= 0.3 is 5.69 Å². The van der Waals surface area contributed by atoms with Crippen LogP contribution in [0.4, 0.5) is 5.69 Å². The van der Waals surface area contributed by atoms with E-state index >= 15 is 0 Å². The van der Waals surface area contributed by atoms with Gasteiger partial charge in [0.05, 0.1) is 5.75 Å². The van der Waals surface area contributed by atoms with E-state index in [1.54, 1.807) is 0 Å². The summed E-state index contributed by atoms with van der Waals surface area (Å²) in [6.45, 7) is 0. The van der Waals surface area contributed by atoms with Crippen LogP contribution in [0.1, 0.15) is 17.7 Å². The monoisotopic (exact) mass is 301 g/mol. The molecule has 5 nitrogen and oxygen atoms in total. The highest BCUT2D eigenvalue weighted by Gasteiger charge is 2.18.